The Kier molecular flexibility index (Phi) is 3.41. The van der Waals surface area contributed by atoms with Gasteiger partial charge in [0.1, 0.15) is 22.4 Å². The zero-order chi connectivity index (χ0) is 12.5. The van der Waals surface area contributed by atoms with Crippen molar-refractivity contribution in [2.45, 2.75) is 26.2 Å². The van der Waals surface area contributed by atoms with E-state index in [0.717, 1.165) is 47.6 Å². The molecule has 1 N–H and O–H groups in total. The number of hydrogen-bond donors (Lipinski definition) is 1. The first kappa shape index (κ1) is 12.2. The second-order valence-corrected chi connectivity index (χ2v) is 6.04. The number of hydrogen-bond acceptors (Lipinski definition) is 4. The lowest BCUT2D eigenvalue weighted by molar-refractivity contribution is 0.494. The lowest BCUT2D eigenvalue weighted by Crippen LogP contribution is -2.23. The molecule has 2 fully saturated rings. The summed E-state index contributed by atoms with van der Waals surface area (Å²) in [5, 5.41) is 3.27. The van der Waals surface area contributed by atoms with Gasteiger partial charge in [-0.2, -0.15) is 0 Å². The summed E-state index contributed by atoms with van der Waals surface area (Å²) in [6, 6.07) is 0. The van der Waals surface area contributed by atoms with Gasteiger partial charge in [0.15, 0.2) is 0 Å². The standard InChI is InChI=1S/C13H19BrN4/c1-2-15-12-11(14)13(17-8-16-12)18-6-9-4-3-5-10(9)7-18/h8-10H,2-7H2,1H3,(H,15,16,17). The summed E-state index contributed by atoms with van der Waals surface area (Å²) >= 11 is 3.64. The van der Waals surface area contributed by atoms with E-state index in [2.05, 4.69) is 43.0 Å². The van der Waals surface area contributed by atoms with Crippen molar-refractivity contribution in [1.82, 2.24) is 9.97 Å². The normalized spacial score (nSPS) is 26.4. The van der Waals surface area contributed by atoms with Gasteiger partial charge in [0.25, 0.3) is 0 Å². The third kappa shape index (κ3) is 2.09. The summed E-state index contributed by atoms with van der Waals surface area (Å²) in [6.07, 6.45) is 5.86. The predicted octanol–water partition coefficient (Wildman–Crippen LogP) is 2.91. The van der Waals surface area contributed by atoms with Crippen LogP contribution in [0.2, 0.25) is 0 Å². The van der Waals surface area contributed by atoms with Gasteiger partial charge in [0.05, 0.1) is 0 Å². The Hall–Kier alpha value is -0.840. The van der Waals surface area contributed by atoms with Crippen LogP contribution in [0.3, 0.4) is 0 Å². The quantitative estimate of drug-likeness (QED) is 0.932. The minimum absolute atomic E-state index is 0.875. The number of rotatable bonds is 3. The summed E-state index contributed by atoms with van der Waals surface area (Å²) in [6.45, 7) is 5.27. The van der Waals surface area contributed by atoms with E-state index < -0.39 is 0 Å². The van der Waals surface area contributed by atoms with Crippen LogP contribution in [0.1, 0.15) is 26.2 Å². The Labute approximate surface area is 116 Å². The molecule has 0 amide bonds. The molecule has 3 rings (SSSR count). The molecule has 1 saturated heterocycles. The lowest BCUT2D eigenvalue weighted by atomic mass is 10.0. The van der Waals surface area contributed by atoms with E-state index >= 15 is 0 Å². The Balaban J connectivity index is 1.82. The van der Waals surface area contributed by atoms with Crippen molar-refractivity contribution < 1.29 is 0 Å². The molecule has 18 heavy (non-hydrogen) atoms. The number of aromatic nitrogens is 2. The molecule has 98 valence electrons. The summed E-state index contributed by atoms with van der Waals surface area (Å²) < 4.78 is 1.01. The topological polar surface area (TPSA) is 41.1 Å². The zero-order valence-electron chi connectivity index (χ0n) is 10.7. The van der Waals surface area contributed by atoms with Crippen molar-refractivity contribution in [2.75, 3.05) is 29.9 Å². The SMILES string of the molecule is CCNc1ncnc(N2CC3CCCC3C2)c1Br. The third-order valence-electron chi connectivity index (χ3n) is 4.14. The molecule has 2 unspecified atom stereocenters. The van der Waals surface area contributed by atoms with Gasteiger partial charge in [-0.15, -0.1) is 0 Å². The van der Waals surface area contributed by atoms with Gasteiger partial charge in [0, 0.05) is 19.6 Å². The average molecular weight is 311 g/mol. The molecule has 0 aromatic carbocycles. The van der Waals surface area contributed by atoms with Crippen molar-refractivity contribution in [3.8, 4) is 0 Å². The monoisotopic (exact) mass is 310 g/mol. The van der Waals surface area contributed by atoms with Crippen LogP contribution >= 0.6 is 15.9 Å². The number of nitrogens with zero attached hydrogens (tertiary/aromatic N) is 3. The zero-order valence-corrected chi connectivity index (χ0v) is 12.3. The fraction of sp³-hybridized carbons (Fsp3) is 0.692. The van der Waals surface area contributed by atoms with Crippen molar-refractivity contribution in [2.24, 2.45) is 11.8 Å². The van der Waals surface area contributed by atoms with Crippen LogP contribution in [-0.2, 0) is 0 Å². The first-order chi connectivity index (χ1) is 8.79. The van der Waals surface area contributed by atoms with Crippen molar-refractivity contribution in [3.63, 3.8) is 0 Å². The number of nitrogens with one attached hydrogen (secondary N) is 1. The molecule has 1 saturated carbocycles. The van der Waals surface area contributed by atoms with Gasteiger partial charge in [-0.05, 0) is 47.5 Å². The van der Waals surface area contributed by atoms with Gasteiger partial charge < -0.3 is 10.2 Å². The largest absolute Gasteiger partial charge is 0.369 e. The van der Waals surface area contributed by atoms with Crippen LogP contribution in [0.15, 0.2) is 10.8 Å². The molecular weight excluding hydrogens is 292 g/mol. The fourth-order valence-electron chi connectivity index (χ4n) is 3.28. The predicted molar refractivity (Wildman–Crippen MR) is 76.9 cm³/mol. The van der Waals surface area contributed by atoms with Crippen molar-refractivity contribution >= 4 is 27.6 Å². The van der Waals surface area contributed by atoms with Crippen LogP contribution in [-0.4, -0.2) is 29.6 Å². The average Bonchev–Trinajstić information content (AvgIpc) is 2.92. The lowest BCUT2D eigenvalue weighted by Gasteiger charge is -2.20. The maximum atomic E-state index is 4.46. The van der Waals surface area contributed by atoms with Crippen molar-refractivity contribution in [1.29, 1.82) is 0 Å². The number of fused-ring (bicyclic) bond motifs is 1. The molecule has 1 aliphatic carbocycles. The smallest absolute Gasteiger partial charge is 0.148 e. The molecule has 2 atom stereocenters. The first-order valence-corrected chi connectivity index (χ1v) is 7.58. The van der Waals surface area contributed by atoms with E-state index in [9.17, 15) is 0 Å². The minimum atomic E-state index is 0.875. The second kappa shape index (κ2) is 5.03. The van der Waals surface area contributed by atoms with Gasteiger partial charge in [0.2, 0.25) is 0 Å². The first-order valence-electron chi connectivity index (χ1n) is 6.79. The van der Waals surface area contributed by atoms with E-state index in [4.69, 9.17) is 0 Å². The molecular formula is C13H19BrN4. The van der Waals surface area contributed by atoms with Gasteiger partial charge in [-0.25, -0.2) is 9.97 Å². The third-order valence-corrected chi connectivity index (χ3v) is 4.87. The van der Waals surface area contributed by atoms with E-state index in [1.54, 1.807) is 6.33 Å². The molecule has 2 heterocycles. The highest BCUT2D eigenvalue weighted by molar-refractivity contribution is 9.10. The number of anilines is 2. The molecule has 1 aromatic rings. The number of halogens is 1. The van der Waals surface area contributed by atoms with E-state index in [1.165, 1.54) is 19.3 Å². The maximum absolute atomic E-state index is 4.46. The van der Waals surface area contributed by atoms with Gasteiger partial charge in [-0.3, -0.25) is 0 Å². The minimum Gasteiger partial charge on any atom is -0.369 e. The highest BCUT2D eigenvalue weighted by atomic mass is 79.9. The van der Waals surface area contributed by atoms with Crippen LogP contribution in [0.4, 0.5) is 11.6 Å². The molecule has 0 spiro atoms. The molecule has 4 nitrogen and oxygen atoms in total. The summed E-state index contributed by atoms with van der Waals surface area (Å²) in [5.74, 6) is 3.72. The summed E-state index contributed by atoms with van der Waals surface area (Å²) in [5.41, 5.74) is 0. The van der Waals surface area contributed by atoms with Crippen LogP contribution in [0.5, 0.6) is 0 Å². The summed E-state index contributed by atoms with van der Waals surface area (Å²) in [4.78, 5) is 11.2. The molecule has 1 aliphatic heterocycles. The van der Waals surface area contributed by atoms with E-state index in [-0.39, 0.29) is 0 Å². The van der Waals surface area contributed by atoms with Crippen LogP contribution in [0.25, 0.3) is 0 Å². The Morgan fingerprint density at radius 1 is 1.33 bits per heavy atom. The highest BCUT2D eigenvalue weighted by Gasteiger charge is 2.37. The van der Waals surface area contributed by atoms with E-state index in [1.807, 2.05) is 0 Å². The highest BCUT2D eigenvalue weighted by Crippen LogP contribution is 2.41. The summed E-state index contributed by atoms with van der Waals surface area (Å²) in [7, 11) is 0. The molecule has 0 bridgehead atoms. The Morgan fingerprint density at radius 2 is 2.06 bits per heavy atom. The fourth-order valence-corrected chi connectivity index (χ4v) is 3.88. The van der Waals surface area contributed by atoms with Crippen LogP contribution in [0, 0.1) is 11.8 Å². The molecule has 1 aromatic heterocycles. The van der Waals surface area contributed by atoms with E-state index in [0.29, 0.717) is 0 Å². The van der Waals surface area contributed by atoms with Gasteiger partial charge in [-0.1, -0.05) is 6.42 Å². The Morgan fingerprint density at radius 3 is 2.72 bits per heavy atom. The van der Waals surface area contributed by atoms with Crippen LogP contribution < -0.4 is 10.2 Å². The van der Waals surface area contributed by atoms with Crippen molar-refractivity contribution in [3.05, 3.63) is 10.8 Å². The van der Waals surface area contributed by atoms with Gasteiger partial charge >= 0.3 is 0 Å². The molecule has 2 aliphatic rings. The molecule has 5 heteroatoms. The second-order valence-electron chi connectivity index (χ2n) is 5.25. The Bertz CT molecular complexity index is 425. The molecule has 0 radical (unpaired) electrons. The maximum Gasteiger partial charge on any atom is 0.148 e.